The van der Waals surface area contributed by atoms with Gasteiger partial charge in [0.1, 0.15) is 14.7 Å². The van der Waals surface area contributed by atoms with Gasteiger partial charge in [0, 0.05) is 18.4 Å². The van der Waals surface area contributed by atoms with Crippen molar-refractivity contribution in [2.45, 2.75) is 65.3 Å². The minimum Gasteiger partial charge on any atom is -0.264 e. The van der Waals surface area contributed by atoms with Gasteiger partial charge in [-0.1, -0.05) is 27.7 Å². The van der Waals surface area contributed by atoms with Crippen LogP contribution in [-0.2, 0) is 0 Å². The van der Waals surface area contributed by atoms with E-state index in [4.69, 9.17) is 18.3 Å². The van der Waals surface area contributed by atoms with E-state index in [0.29, 0.717) is 0 Å². The Bertz CT molecular complexity index is 936. The van der Waals surface area contributed by atoms with Crippen LogP contribution in [0.1, 0.15) is 48.5 Å². The van der Waals surface area contributed by atoms with E-state index < -0.39 is 29.7 Å². The average Bonchev–Trinajstić information content (AvgIpc) is 2.78. The first-order valence-corrected chi connectivity index (χ1v) is 19.2. The Morgan fingerprint density at radius 2 is 1.22 bits per heavy atom. The third-order valence-electron chi connectivity index (χ3n) is 6.17. The molecule has 1 N–H and O–H groups in total. The van der Waals surface area contributed by atoms with Crippen molar-refractivity contribution >= 4 is 29.7 Å². The van der Waals surface area contributed by atoms with Crippen LogP contribution in [0.3, 0.4) is 0 Å². The molecular formula is C21H57N11P4. The molecular weight excluding hydrogens is 530 g/mol. The van der Waals surface area contributed by atoms with Crippen LogP contribution in [0.15, 0.2) is 18.3 Å². The lowest BCUT2D eigenvalue weighted by Crippen LogP contribution is -2.42. The smallest absolute Gasteiger partial charge is 0.264 e. The highest BCUT2D eigenvalue weighted by Crippen LogP contribution is 2.80. The maximum atomic E-state index is 5.88. The summed E-state index contributed by atoms with van der Waals surface area (Å²) in [6.45, 7) is 15.5. The van der Waals surface area contributed by atoms with Gasteiger partial charge in [0.05, 0.1) is 5.54 Å². The molecule has 0 aromatic rings. The van der Waals surface area contributed by atoms with Crippen LogP contribution in [0, 0.1) is 0 Å². The third-order valence-corrected chi connectivity index (χ3v) is 23.3. The van der Waals surface area contributed by atoms with Crippen molar-refractivity contribution in [2.75, 3.05) is 77.5 Å². The maximum absolute atomic E-state index is 5.88. The van der Waals surface area contributed by atoms with Crippen LogP contribution >= 0.6 is 29.7 Å². The van der Waals surface area contributed by atoms with E-state index in [0.717, 1.165) is 0 Å². The summed E-state index contributed by atoms with van der Waals surface area (Å²) >= 11 is 0. The van der Waals surface area contributed by atoms with Crippen LogP contribution in [0.5, 0.6) is 0 Å². The van der Waals surface area contributed by atoms with Gasteiger partial charge in [-0.3, -0.25) is 23.4 Å². The van der Waals surface area contributed by atoms with Gasteiger partial charge < -0.3 is 0 Å². The molecule has 0 saturated heterocycles. The van der Waals surface area contributed by atoms with Gasteiger partial charge in [-0.2, -0.15) is 23.5 Å². The Labute approximate surface area is 224 Å². The summed E-state index contributed by atoms with van der Waals surface area (Å²) in [5.41, 5.74) is 0.164. The molecule has 2 atom stereocenters. The van der Waals surface area contributed by atoms with Crippen molar-refractivity contribution in [1.82, 2.24) is 33.3 Å². The zero-order valence-electron chi connectivity index (χ0n) is 26.4. The van der Waals surface area contributed by atoms with Crippen molar-refractivity contribution in [1.29, 1.82) is 0 Å². The van der Waals surface area contributed by atoms with Crippen molar-refractivity contribution in [3.63, 3.8) is 0 Å². The topological polar surface area (TPSA) is 80.9 Å². The summed E-state index contributed by atoms with van der Waals surface area (Å²) in [6, 6.07) is 0. The highest BCUT2D eigenvalue weighted by Gasteiger charge is 2.46. The molecule has 0 aromatic carbocycles. The molecule has 0 saturated carbocycles. The van der Waals surface area contributed by atoms with Gasteiger partial charge in [-0.05, 0) is 91.2 Å². The first-order valence-electron chi connectivity index (χ1n) is 12.5. The van der Waals surface area contributed by atoms with Crippen molar-refractivity contribution in [3.05, 3.63) is 0 Å². The van der Waals surface area contributed by atoms with E-state index in [1.165, 1.54) is 0 Å². The monoisotopic (exact) mass is 587 g/mol. The Morgan fingerprint density at radius 3 is 1.50 bits per heavy atom. The van der Waals surface area contributed by atoms with E-state index in [9.17, 15) is 0 Å². The lowest BCUT2D eigenvalue weighted by atomic mass is 10.1. The molecule has 1 heterocycles. The molecule has 1 rings (SSSR count). The van der Waals surface area contributed by atoms with Crippen molar-refractivity contribution in [3.8, 4) is 0 Å². The fraction of sp³-hybridized carbons (Fsp3) is 1.00. The van der Waals surface area contributed by atoms with Crippen LogP contribution in [0.25, 0.3) is 0 Å². The Morgan fingerprint density at radius 1 is 0.778 bits per heavy atom. The van der Waals surface area contributed by atoms with E-state index >= 15 is 0 Å². The zero-order chi connectivity index (χ0) is 28.7. The summed E-state index contributed by atoms with van der Waals surface area (Å²) in [7, 11) is 13.4. The minimum absolute atomic E-state index is 0.250. The Balaban J connectivity index is 4.83. The van der Waals surface area contributed by atoms with Gasteiger partial charge >= 0.3 is 7.51 Å². The number of nitrogens with one attached hydrogen (secondary N) is 1. The lowest BCUT2D eigenvalue weighted by Gasteiger charge is -2.44. The van der Waals surface area contributed by atoms with Gasteiger partial charge in [-0.15, -0.1) is 0 Å². The van der Waals surface area contributed by atoms with Crippen LogP contribution in [0.4, 0.5) is 0 Å². The van der Waals surface area contributed by atoms with E-state index in [1.54, 1.807) is 0 Å². The highest BCUT2D eigenvalue weighted by atomic mass is 31.3. The molecule has 0 aliphatic carbocycles. The van der Waals surface area contributed by atoms with Gasteiger partial charge in [0.2, 0.25) is 0 Å². The van der Waals surface area contributed by atoms with E-state index in [2.05, 4.69) is 159 Å². The molecule has 0 spiro atoms. The molecule has 0 bridgehead atoms. The molecule has 1 aliphatic rings. The maximum Gasteiger partial charge on any atom is 0.304 e. The summed E-state index contributed by atoms with van der Waals surface area (Å²) in [5, 5.41) is 3.90. The fourth-order valence-electron chi connectivity index (χ4n) is 4.88. The summed E-state index contributed by atoms with van der Waals surface area (Å²) in [6.07, 6.45) is 0. The first-order chi connectivity index (χ1) is 16.1. The van der Waals surface area contributed by atoms with Crippen molar-refractivity contribution < 1.29 is 0 Å². The molecule has 15 heteroatoms. The molecule has 216 valence electrons. The SMILES string of the molecule is CC(C)P(=NP1(=NC(C)(C)C)N=P(N(C)C)(N(C)C)NN(C)P(C(C)C)(N(C)C)=N1)(N(C)C)N(C)C. The van der Waals surface area contributed by atoms with Gasteiger partial charge in [0.15, 0.2) is 7.51 Å². The second kappa shape index (κ2) is 12.0. The molecule has 0 radical (unpaired) electrons. The first kappa shape index (κ1) is 34.7. The number of rotatable bonds is 8. The zero-order valence-corrected chi connectivity index (χ0v) is 30.0. The van der Waals surface area contributed by atoms with Gasteiger partial charge in [0.25, 0.3) is 0 Å². The molecule has 0 aromatic heterocycles. The number of hydrazine groups is 1. The normalized spacial score (nSPS) is 26.2. The predicted octanol–water partition coefficient (Wildman–Crippen LogP) is 6.81. The predicted molar refractivity (Wildman–Crippen MR) is 167 cm³/mol. The number of hydrogen-bond acceptors (Lipinski definition) is 6. The molecule has 36 heavy (non-hydrogen) atoms. The Kier molecular flexibility index (Phi) is 11.6. The molecule has 11 nitrogen and oxygen atoms in total. The molecule has 0 fully saturated rings. The molecule has 2 unspecified atom stereocenters. The van der Waals surface area contributed by atoms with Crippen molar-refractivity contribution in [2.24, 2.45) is 18.3 Å². The van der Waals surface area contributed by atoms with E-state index in [1.807, 2.05) is 0 Å². The van der Waals surface area contributed by atoms with Crippen LogP contribution < -0.4 is 5.20 Å². The standard InChI is InChI=1S/C21H57N11P4/c1-19(2)33(27(8)9,28(10)11)24-35(22-21(5,6)7)25-34(20(3)4,29(12)13)32(18)23-36(26-35,30(14)15)31(16)17/h19-20,23H,1-18H3. The van der Waals surface area contributed by atoms with Gasteiger partial charge in [-0.25, -0.2) is 4.74 Å². The van der Waals surface area contributed by atoms with E-state index in [-0.39, 0.29) is 16.9 Å². The lowest BCUT2D eigenvalue weighted by molar-refractivity contribution is 0.420. The Hall–Kier alpha value is 0.640. The van der Waals surface area contributed by atoms with Crippen LogP contribution in [-0.4, -0.2) is 123 Å². The quantitative estimate of drug-likeness (QED) is 0.312. The minimum atomic E-state index is -3.00. The second-order valence-electron chi connectivity index (χ2n) is 11.9. The number of nitrogens with zero attached hydrogens (tertiary/aromatic N) is 10. The summed E-state index contributed by atoms with van der Waals surface area (Å²) in [5.74, 6) is 0. The van der Waals surface area contributed by atoms with Crippen LogP contribution in [0.2, 0.25) is 0 Å². The summed E-state index contributed by atoms with van der Waals surface area (Å²) in [4.78, 5) is 0. The third kappa shape index (κ3) is 6.50. The molecule has 0 amide bonds. The second-order valence-corrected chi connectivity index (χ2v) is 25.8. The summed E-state index contributed by atoms with van der Waals surface area (Å²) < 4.78 is 36.7. The average molecular weight is 588 g/mol. The number of hydrogen-bond donors (Lipinski definition) is 1. The molecule has 1 aliphatic heterocycles. The fourth-order valence-corrected chi connectivity index (χ4v) is 24.3. The largest absolute Gasteiger partial charge is 0.304 e. The highest BCUT2D eigenvalue weighted by molar-refractivity contribution is 7.82.